The summed E-state index contributed by atoms with van der Waals surface area (Å²) in [5.74, 6) is 2.74. The molecule has 0 fully saturated rings. The molecule has 0 aromatic heterocycles. The predicted octanol–water partition coefficient (Wildman–Crippen LogP) is 10.5. The number of fused-ring (bicyclic) bond motifs is 3. The van der Waals surface area contributed by atoms with Crippen LogP contribution in [0.3, 0.4) is 0 Å². The molecule has 2 aliphatic rings. The maximum Gasteiger partial charge on any atom is -0.0253 e. The molecule has 0 nitrogen and oxygen atoms in total. The molecule has 6 rings (SSSR count). The monoisotopic (exact) mass is 644 g/mol. The fourth-order valence-electron chi connectivity index (χ4n) is 3.88. The number of allylic oxidation sites excluding steroid dienone is 4. The largest absolute Gasteiger partial charge is 0.179 e. The van der Waals surface area contributed by atoms with Gasteiger partial charge in [0.15, 0.2) is 0 Å². The molecule has 3 heteroatoms. The van der Waals surface area contributed by atoms with Crippen molar-refractivity contribution in [3.63, 3.8) is 0 Å². The summed E-state index contributed by atoms with van der Waals surface area (Å²) in [5, 5.41) is 0. The molecule has 4 aromatic rings. The van der Waals surface area contributed by atoms with Gasteiger partial charge >= 0.3 is 28.4 Å². The number of rotatable bonds is 2. The minimum absolute atomic E-state index is 0. The standard InChI is InChI=1S/C13H9.2C9H11.C5H5.CH2.2ClH.Zr/c1-3-7-12-10(5-1)9-11-6-2-4-8-13(11)12;2*1-8(2)9-6-4-3-5-7-9;1-2-4-5-3-1;;;;/h1-5,7-8H,9H2;2*3-7H,1-2H3;1-3H,4H2;1H2;2*1H;/q4*-1;;;;. The summed E-state index contributed by atoms with van der Waals surface area (Å²) >= 11 is 1.30. The van der Waals surface area contributed by atoms with E-state index in [1.165, 1.54) is 69.5 Å². The number of hydrogen-bond acceptors (Lipinski definition) is 0. The molecular weight excluding hydrogens is 607 g/mol. The smallest absolute Gasteiger partial charge is 0.0253 e. The maximum atomic E-state index is 3.34. The average Bonchev–Trinajstić information content (AvgIpc) is 3.68. The van der Waals surface area contributed by atoms with E-state index in [-0.39, 0.29) is 24.8 Å². The van der Waals surface area contributed by atoms with E-state index in [9.17, 15) is 0 Å². The van der Waals surface area contributed by atoms with Crippen LogP contribution in [0.1, 0.15) is 56.4 Å². The zero-order valence-corrected chi connectivity index (χ0v) is 28.1. The van der Waals surface area contributed by atoms with Gasteiger partial charge in [-0.1, -0.05) is 75.2 Å². The molecule has 210 valence electrons. The van der Waals surface area contributed by atoms with Crippen LogP contribution in [-0.4, -0.2) is 4.21 Å². The molecule has 0 bridgehead atoms. The van der Waals surface area contributed by atoms with Crippen LogP contribution in [0.4, 0.5) is 0 Å². The molecule has 0 aliphatic heterocycles. The number of hydrogen-bond donors (Lipinski definition) is 0. The van der Waals surface area contributed by atoms with Crippen LogP contribution in [0.25, 0.3) is 11.1 Å². The first kappa shape index (κ1) is 37.4. The van der Waals surface area contributed by atoms with Crippen molar-refractivity contribution in [2.45, 2.75) is 40.5 Å². The molecule has 4 aromatic carbocycles. The van der Waals surface area contributed by atoms with Crippen molar-refractivity contribution >= 4 is 29.0 Å². The molecule has 0 amide bonds. The topological polar surface area (TPSA) is 0 Å². The Labute approximate surface area is 270 Å². The minimum Gasteiger partial charge on any atom is -0.179 e. The van der Waals surface area contributed by atoms with Gasteiger partial charge in [-0.2, -0.15) is 83.1 Å². The fourth-order valence-corrected chi connectivity index (χ4v) is 3.88. The van der Waals surface area contributed by atoms with Crippen molar-refractivity contribution in [3.8, 4) is 11.1 Å². The van der Waals surface area contributed by atoms with E-state index in [2.05, 4.69) is 135 Å². The summed E-state index contributed by atoms with van der Waals surface area (Å²) in [4.78, 5) is 0. The first-order chi connectivity index (χ1) is 18.6. The molecule has 0 heterocycles. The molecule has 0 spiro atoms. The number of benzene rings is 4. The summed E-state index contributed by atoms with van der Waals surface area (Å²) < 4.78 is 3.34. The normalized spacial score (nSPS) is 10.4. The van der Waals surface area contributed by atoms with Gasteiger partial charge < -0.3 is 0 Å². The zero-order valence-electron chi connectivity index (χ0n) is 24.0. The Hall–Kier alpha value is -2.57. The van der Waals surface area contributed by atoms with Crippen molar-refractivity contribution in [3.05, 3.63) is 168 Å². The van der Waals surface area contributed by atoms with Crippen molar-refractivity contribution < 1.29 is 24.2 Å². The Kier molecular flexibility index (Phi) is 20.7. The Bertz CT molecular complexity index is 1150. The SMILES string of the molecule is C[C-](C)c1ccccc1.C[C-](C)c1ccccc1.Cl.Cl.[C-]1=CC=CC1.[CH2]=[Zr].[c-]1cccc2c1Cc1ccccc1-2. The molecule has 40 heavy (non-hydrogen) atoms. The Morgan fingerprint density at radius 3 is 1.57 bits per heavy atom. The van der Waals surface area contributed by atoms with Gasteiger partial charge in [0, 0.05) is 0 Å². The molecule has 0 saturated heterocycles. The second-order valence-corrected chi connectivity index (χ2v) is 9.13. The van der Waals surface area contributed by atoms with Gasteiger partial charge in [0.25, 0.3) is 0 Å². The molecule has 0 saturated carbocycles. The Morgan fingerprint density at radius 2 is 1.15 bits per heavy atom. The average molecular weight is 647 g/mol. The summed E-state index contributed by atoms with van der Waals surface area (Å²) in [6, 6.07) is 38.9. The van der Waals surface area contributed by atoms with Crippen molar-refractivity contribution in [2.75, 3.05) is 0 Å². The van der Waals surface area contributed by atoms with E-state index < -0.39 is 0 Å². The van der Waals surface area contributed by atoms with Crippen LogP contribution < -0.4 is 0 Å². The fraction of sp³-hybridized carbons (Fsp3) is 0.162. The van der Waals surface area contributed by atoms with E-state index in [0.717, 1.165) is 12.8 Å². The maximum absolute atomic E-state index is 3.34. The van der Waals surface area contributed by atoms with Crippen LogP contribution in [0.2, 0.25) is 0 Å². The first-order valence-corrected chi connectivity index (χ1v) is 14.7. The van der Waals surface area contributed by atoms with E-state index in [1.807, 2.05) is 30.4 Å². The molecular formula is C37H40Cl2Zr-4. The van der Waals surface area contributed by atoms with Gasteiger partial charge in [0.1, 0.15) is 0 Å². The third-order valence-electron chi connectivity index (χ3n) is 5.90. The zero-order chi connectivity index (χ0) is 27.6. The third kappa shape index (κ3) is 13.2. The molecule has 2 aliphatic carbocycles. The minimum atomic E-state index is 0. The van der Waals surface area contributed by atoms with Crippen LogP contribution in [0.15, 0.2) is 121 Å². The third-order valence-corrected chi connectivity index (χ3v) is 5.90. The van der Waals surface area contributed by atoms with E-state index in [0.29, 0.717) is 0 Å². The van der Waals surface area contributed by atoms with Crippen LogP contribution in [-0.2, 0) is 30.7 Å². The summed E-state index contributed by atoms with van der Waals surface area (Å²) in [6.07, 6.45) is 11.0. The number of halogens is 2. The van der Waals surface area contributed by atoms with Crippen molar-refractivity contribution in [2.24, 2.45) is 0 Å². The van der Waals surface area contributed by atoms with Gasteiger partial charge in [0.05, 0.1) is 0 Å². The van der Waals surface area contributed by atoms with Crippen LogP contribution in [0, 0.1) is 24.0 Å². The van der Waals surface area contributed by atoms with Gasteiger partial charge in [-0.3, -0.25) is 6.08 Å². The van der Waals surface area contributed by atoms with E-state index in [1.54, 1.807) is 0 Å². The van der Waals surface area contributed by atoms with E-state index >= 15 is 0 Å². The molecule has 0 N–H and O–H groups in total. The predicted molar refractivity (Wildman–Crippen MR) is 177 cm³/mol. The summed E-state index contributed by atoms with van der Waals surface area (Å²) in [6.45, 7) is 8.48. The molecule has 0 atom stereocenters. The quantitative estimate of drug-likeness (QED) is 0.168. The van der Waals surface area contributed by atoms with Gasteiger partial charge in [-0.05, 0) is 6.42 Å². The van der Waals surface area contributed by atoms with Crippen molar-refractivity contribution in [1.82, 2.24) is 0 Å². The Balaban J connectivity index is 0.000000509. The second kappa shape index (κ2) is 22.2. The van der Waals surface area contributed by atoms with E-state index in [4.69, 9.17) is 0 Å². The van der Waals surface area contributed by atoms with Gasteiger partial charge in [-0.15, -0.1) is 61.1 Å². The van der Waals surface area contributed by atoms with Crippen LogP contribution >= 0.6 is 24.8 Å². The first-order valence-electron chi connectivity index (χ1n) is 12.9. The van der Waals surface area contributed by atoms with Gasteiger partial charge in [-0.25, -0.2) is 12.2 Å². The van der Waals surface area contributed by atoms with Gasteiger partial charge in [0.2, 0.25) is 0 Å². The van der Waals surface area contributed by atoms with Crippen molar-refractivity contribution in [1.29, 1.82) is 0 Å². The van der Waals surface area contributed by atoms with Crippen LogP contribution in [0.5, 0.6) is 0 Å². The second-order valence-electron chi connectivity index (χ2n) is 9.13. The molecule has 0 unspecified atom stereocenters. The summed E-state index contributed by atoms with van der Waals surface area (Å²) in [7, 11) is 0. The Morgan fingerprint density at radius 1 is 0.650 bits per heavy atom. The summed E-state index contributed by atoms with van der Waals surface area (Å²) in [5.41, 5.74) is 8.17. The molecule has 0 radical (unpaired) electrons.